The Kier molecular flexibility index (Phi) is 6.99. The van der Waals surface area contributed by atoms with Gasteiger partial charge in [-0.25, -0.2) is 18.4 Å². The van der Waals surface area contributed by atoms with Gasteiger partial charge in [-0.3, -0.25) is 4.79 Å². The van der Waals surface area contributed by atoms with Crippen LogP contribution in [0.25, 0.3) is 0 Å². The quantitative estimate of drug-likeness (QED) is 0.747. The van der Waals surface area contributed by atoms with Crippen molar-refractivity contribution in [2.75, 3.05) is 13.7 Å². The van der Waals surface area contributed by atoms with Gasteiger partial charge in [0.1, 0.15) is 6.04 Å². The van der Waals surface area contributed by atoms with Gasteiger partial charge in [-0.15, -0.1) is 0 Å². The number of methoxy groups -OCH3 is 1. The highest BCUT2D eigenvalue weighted by Crippen LogP contribution is 2.10. The molecule has 0 radical (unpaired) electrons. The van der Waals surface area contributed by atoms with Gasteiger partial charge in [0, 0.05) is 6.42 Å². The average molecular weight is 377 g/mol. The average Bonchev–Trinajstić information content (AvgIpc) is 2.67. The molecule has 0 aromatic heterocycles. The molecule has 142 valence electrons. The first kappa shape index (κ1) is 20.0. The largest absolute Gasteiger partial charge is 0.467 e. The summed E-state index contributed by atoms with van der Waals surface area (Å²) in [5.41, 5.74) is 0.558. The zero-order valence-electron chi connectivity index (χ0n) is 14.4. The van der Waals surface area contributed by atoms with Crippen molar-refractivity contribution in [1.82, 2.24) is 5.32 Å². The summed E-state index contributed by atoms with van der Waals surface area (Å²) in [5, 5.41) is 2.42. The lowest BCUT2D eigenvalue weighted by atomic mass is 10.1. The third-order valence-corrected chi connectivity index (χ3v) is 3.59. The first-order valence-corrected chi connectivity index (χ1v) is 7.94. The Balaban J connectivity index is 1.93. The molecule has 0 fully saturated rings. The Morgan fingerprint density at radius 1 is 1.04 bits per heavy atom. The lowest BCUT2D eigenvalue weighted by molar-refractivity contribution is -0.145. The van der Waals surface area contributed by atoms with E-state index in [1.165, 1.54) is 7.11 Å². The number of carbonyl (C=O) groups excluding carboxylic acids is 3. The monoisotopic (exact) mass is 377 g/mol. The molecule has 2 aromatic rings. The first-order chi connectivity index (χ1) is 12.9. The smallest absolute Gasteiger partial charge is 0.338 e. The maximum Gasteiger partial charge on any atom is 0.338 e. The van der Waals surface area contributed by atoms with Crippen molar-refractivity contribution in [3.8, 4) is 0 Å². The van der Waals surface area contributed by atoms with Crippen molar-refractivity contribution in [3.63, 3.8) is 0 Å². The maximum absolute atomic E-state index is 13.1. The number of ether oxygens (including phenoxy) is 2. The van der Waals surface area contributed by atoms with Crippen molar-refractivity contribution in [2.24, 2.45) is 0 Å². The number of rotatable bonds is 7. The van der Waals surface area contributed by atoms with E-state index in [9.17, 15) is 23.2 Å². The summed E-state index contributed by atoms with van der Waals surface area (Å²) < 4.78 is 35.4. The minimum atomic E-state index is -1.21. The van der Waals surface area contributed by atoms with E-state index in [0.717, 1.165) is 17.7 Å². The second-order valence-electron chi connectivity index (χ2n) is 5.54. The minimum Gasteiger partial charge on any atom is -0.467 e. The topological polar surface area (TPSA) is 81.7 Å². The molecule has 1 atom stereocenters. The second kappa shape index (κ2) is 9.42. The molecule has 1 amide bonds. The number of halogens is 2. The highest BCUT2D eigenvalue weighted by atomic mass is 19.2. The van der Waals surface area contributed by atoms with E-state index in [1.54, 1.807) is 24.3 Å². The minimum absolute atomic E-state index is 0.191. The lowest BCUT2D eigenvalue weighted by Crippen LogP contribution is -2.44. The van der Waals surface area contributed by atoms with Crippen LogP contribution in [-0.2, 0) is 25.5 Å². The molecule has 0 aliphatic rings. The van der Waals surface area contributed by atoms with Crippen molar-refractivity contribution >= 4 is 17.8 Å². The first-order valence-electron chi connectivity index (χ1n) is 7.94. The van der Waals surface area contributed by atoms with Crippen molar-refractivity contribution in [2.45, 2.75) is 12.5 Å². The van der Waals surface area contributed by atoms with Gasteiger partial charge in [-0.2, -0.15) is 0 Å². The maximum atomic E-state index is 13.1. The molecule has 2 aromatic carbocycles. The van der Waals surface area contributed by atoms with Gasteiger partial charge in [0.05, 0.1) is 12.7 Å². The number of esters is 2. The van der Waals surface area contributed by atoms with Crippen LogP contribution in [0.4, 0.5) is 8.78 Å². The summed E-state index contributed by atoms with van der Waals surface area (Å²) >= 11 is 0. The summed E-state index contributed by atoms with van der Waals surface area (Å²) in [6.45, 7) is -0.694. The molecule has 0 heterocycles. The van der Waals surface area contributed by atoms with Crippen molar-refractivity contribution in [3.05, 3.63) is 71.3 Å². The molecular weight excluding hydrogens is 360 g/mol. The number of amides is 1. The van der Waals surface area contributed by atoms with Gasteiger partial charge in [0.15, 0.2) is 18.2 Å². The summed E-state index contributed by atoms with van der Waals surface area (Å²) in [4.78, 5) is 35.6. The molecule has 0 saturated heterocycles. The van der Waals surface area contributed by atoms with Crippen LogP contribution in [0.3, 0.4) is 0 Å². The molecular formula is C19H17F2NO5. The van der Waals surface area contributed by atoms with E-state index in [2.05, 4.69) is 10.1 Å². The van der Waals surface area contributed by atoms with Crippen molar-refractivity contribution < 1.29 is 32.6 Å². The molecule has 27 heavy (non-hydrogen) atoms. The fraction of sp³-hybridized carbons (Fsp3) is 0.211. The molecule has 0 unspecified atom stereocenters. The van der Waals surface area contributed by atoms with E-state index < -0.39 is 42.1 Å². The zero-order valence-corrected chi connectivity index (χ0v) is 14.4. The Labute approximate surface area is 154 Å². The predicted octanol–water partition coefficient (Wildman–Crippen LogP) is 2.02. The molecule has 2 rings (SSSR count). The molecule has 6 nitrogen and oxygen atoms in total. The second-order valence-corrected chi connectivity index (χ2v) is 5.54. The van der Waals surface area contributed by atoms with Crippen LogP contribution in [0.2, 0.25) is 0 Å². The van der Waals surface area contributed by atoms with Crippen LogP contribution in [0, 0.1) is 11.6 Å². The van der Waals surface area contributed by atoms with Gasteiger partial charge < -0.3 is 14.8 Å². The normalized spacial score (nSPS) is 11.4. The molecule has 0 saturated carbocycles. The number of benzene rings is 2. The molecule has 0 aliphatic heterocycles. The lowest BCUT2D eigenvalue weighted by Gasteiger charge is -2.16. The fourth-order valence-electron chi connectivity index (χ4n) is 2.26. The third-order valence-electron chi connectivity index (χ3n) is 3.59. The molecule has 0 bridgehead atoms. The predicted molar refractivity (Wildman–Crippen MR) is 90.7 cm³/mol. The van der Waals surface area contributed by atoms with Gasteiger partial charge in [0.2, 0.25) is 0 Å². The molecule has 1 N–H and O–H groups in total. The van der Waals surface area contributed by atoms with E-state index in [0.29, 0.717) is 6.07 Å². The van der Waals surface area contributed by atoms with E-state index in [1.807, 2.05) is 6.07 Å². The van der Waals surface area contributed by atoms with Gasteiger partial charge in [0.25, 0.3) is 5.91 Å². The summed E-state index contributed by atoms with van der Waals surface area (Å²) in [5.74, 6) is -4.70. The van der Waals surface area contributed by atoms with Crippen LogP contribution in [0.1, 0.15) is 15.9 Å². The van der Waals surface area contributed by atoms with Crippen LogP contribution < -0.4 is 5.32 Å². The molecule has 0 aliphatic carbocycles. The van der Waals surface area contributed by atoms with Crippen molar-refractivity contribution in [1.29, 1.82) is 0 Å². The fourth-order valence-corrected chi connectivity index (χ4v) is 2.26. The van der Waals surface area contributed by atoms with Gasteiger partial charge in [-0.05, 0) is 23.8 Å². The standard InChI is InChI=1S/C19H17F2NO5/c1-26-19(25)16(9-12-5-3-2-4-6-12)22-17(23)11-27-18(24)13-7-8-14(20)15(21)10-13/h2-8,10,16H,9,11H2,1H3,(H,22,23)/t16-/m0/s1. The van der Waals surface area contributed by atoms with E-state index in [-0.39, 0.29) is 12.0 Å². The number of hydrogen-bond acceptors (Lipinski definition) is 5. The Bertz CT molecular complexity index is 826. The zero-order chi connectivity index (χ0) is 19.8. The molecule has 0 spiro atoms. The SMILES string of the molecule is COC(=O)[C@H](Cc1ccccc1)NC(=O)COC(=O)c1ccc(F)c(F)c1. The summed E-state index contributed by atoms with van der Waals surface area (Å²) in [6, 6.07) is 10.5. The number of hydrogen-bond donors (Lipinski definition) is 1. The Morgan fingerprint density at radius 3 is 2.37 bits per heavy atom. The number of carbonyl (C=O) groups is 3. The van der Waals surface area contributed by atoms with Crippen LogP contribution in [-0.4, -0.2) is 37.6 Å². The summed E-state index contributed by atoms with van der Waals surface area (Å²) in [7, 11) is 1.19. The Hall–Kier alpha value is -3.29. The van der Waals surface area contributed by atoms with Crippen LogP contribution in [0.15, 0.2) is 48.5 Å². The van der Waals surface area contributed by atoms with E-state index >= 15 is 0 Å². The molecule has 8 heteroatoms. The van der Waals surface area contributed by atoms with Gasteiger partial charge >= 0.3 is 11.9 Å². The highest BCUT2D eigenvalue weighted by Gasteiger charge is 2.22. The Morgan fingerprint density at radius 2 is 1.74 bits per heavy atom. The van der Waals surface area contributed by atoms with E-state index in [4.69, 9.17) is 4.74 Å². The highest BCUT2D eigenvalue weighted by molar-refractivity contribution is 5.92. The summed E-state index contributed by atoms with van der Waals surface area (Å²) in [6.07, 6.45) is 0.191. The number of nitrogens with one attached hydrogen (secondary N) is 1. The van der Waals surface area contributed by atoms with Crippen LogP contribution >= 0.6 is 0 Å². The van der Waals surface area contributed by atoms with Gasteiger partial charge in [-0.1, -0.05) is 30.3 Å². The van der Waals surface area contributed by atoms with Crippen LogP contribution in [0.5, 0.6) is 0 Å². The third kappa shape index (κ3) is 5.88.